The molecule has 0 aliphatic heterocycles. The van der Waals surface area contributed by atoms with E-state index in [1.807, 2.05) is 31.2 Å². The zero-order valence-corrected chi connectivity index (χ0v) is 13.7. The predicted molar refractivity (Wildman–Crippen MR) is 87.3 cm³/mol. The fourth-order valence-corrected chi connectivity index (χ4v) is 2.14. The molecule has 0 unspecified atom stereocenters. The minimum atomic E-state index is -0.250. The van der Waals surface area contributed by atoms with E-state index in [0.29, 0.717) is 19.7 Å². The van der Waals surface area contributed by atoms with Crippen LogP contribution in [-0.4, -0.2) is 41.4 Å². The second kappa shape index (κ2) is 7.69. The monoisotopic (exact) mass is 315 g/mol. The molecular formula is C17H21N3O3. The Morgan fingerprint density at radius 2 is 1.91 bits per heavy atom. The second-order valence-corrected chi connectivity index (χ2v) is 5.42. The van der Waals surface area contributed by atoms with Gasteiger partial charge in [-0.2, -0.15) is 5.10 Å². The van der Waals surface area contributed by atoms with Gasteiger partial charge in [-0.15, -0.1) is 0 Å². The van der Waals surface area contributed by atoms with Gasteiger partial charge in [0.1, 0.15) is 5.69 Å². The maximum Gasteiger partial charge on any atom is 0.274 e. The summed E-state index contributed by atoms with van der Waals surface area (Å²) >= 11 is 0. The maximum atomic E-state index is 12.5. The lowest BCUT2D eigenvalue weighted by atomic mass is 10.1. The number of carbonyl (C=O) groups excluding carboxylic acids is 1. The first kappa shape index (κ1) is 16.9. The molecule has 0 spiro atoms. The number of hydrogen-bond acceptors (Lipinski definition) is 4. The molecule has 0 saturated carbocycles. The summed E-state index contributed by atoms with van der Waals surface area (Å²) in [4.78, 5) is 25.8. The molecule has 1 aromatic carbocycles. The van der Waals surface area contributed by atoms with E-state index in [1.165, 1.54) is 22.4 Å². The van der Waals surface area contributed by atoms with Crippen molar-refractivity contribution in [3.63, 3.8) is 0 Å². The number of methoxy groups -OCH3 is 1. The minimum absolute atomic E-state index is 0.225. The average molecular weight is 315 g/mol. The molecule has 0 radical (unpaired) electrons. The zero-order valence-electron chi connectivity index (χ0n) is 13.7. The highest BCUT2D eigenvalue weighted by molar-refractivity contribution is 5.91. The van der Waals surface area contributed by atoms with Crippen LogP contribution < -0.4 is 5.56 Å². The molecule has 1 heterocycles. The van der Waals surface area contributed by atoms with Crippen molar-refractivity contribution in [1.82, 2.24) is 14.7 Å². The highest BCUT2D eigenvalue weighted by Crippen LogP contribution is 2.08. The number of aryl methyl sites for hydroxylation is 1. The number of carbonyl (C=O) groups is 1. The molecule has 0 aliphatic rings. The minimum Gasteiger partial charge on any atom is -0.383 e. The van der Waals surface area contributed by atoms with Crippen LogP contribution >= 0.6 is 0 Å². The van der Waals surface area contributed by atoms with E-state index in [-0.39, 0.29) is 17.2 Å². The third-order valence-corrected chi connectivity index (χ3v) is 3.48. The van der Waals surface area contributed by atoms with E-state index in [4.69, 9.17) is 4.74 Å². The lowest BCUT2D eigenvalue weighted by Gasteiger charge is -2.17. The Labute approximate surface area is 135 Å². The van der Waals surface area contributed by atoms with E-state index in [2.05, 4.69) is 5.10 Å². The summed E-state index contributed by atoms with van der Waals surface area (Å²) in [6, 6.07) is 10.8. The van der Waals surface area contributed by atoms with Crippen LogP contribution in [0.1, 0.15) is 21.6 Å². The van der Waals surface area contributed by atoms with Gasteiger partial charge in [0, 0.05) is 26.8 Å². The van der Waals surface area contributed by atoms with Gasteiger partial charge in [0.2, 0.25) is 0 Å². The Kier molecular flexibility index (Phi) is 5.65. The molecule has 122 valence electrons. The van der Waals surface area contributed by atoms with E-state index in [9.17, 15) is 9.59 Å². The van der Waals surface area contributed by atoms with Crippen molar-refractivity contribution >= 4 is 5.91 Å². The first-order valence-electron chi connectivity index (χ1n) is 7.39. The summed E-state index contributed by atoms with van der Waals surface area (Å²) in [5.74, 6) is -0.225. The Morgan fingerprint density at radius 1 is 1.22 bits per heavy atom. The lowest BCUT2D eigenvalue weighted by molar-refractivity contribution is 0.0775. The smallest absolute Gasteiger partial charge is 0.274 e. The SMILES string of the molecule is COCCn1nc(C(=O)N(C)Cc2ccc(C)cc2)ccc1=O. The third kappa shape index (κ3) is 4.50. The van der Waals surface area contributed by atoms with Crippen molar-refractivity contribution in [2.24, 2.45) is 0 Å². The van der Waals surface area contributed by atoms with Gasteiger partial charge in [-0.3, -0.25) is 9.59 Å². The molecule has 23 heavy (non-hydrogen) atoms. The van der Waals surface area contributed by atoms with Gasteiger partial charge in [-0.25, -0.2) is 4.68 Å². The van der Waals surface area contributed by atoms with Gasteiger partial charge in [0.05, 0.1) is 13.2 Å². The quantitative estimate of drug-likeness (QED) is 0.810. The molecular weight excluding hydrogens is 294 g/mol. The highest BCUT2D eigenvalue weighted by atomic mass is 16.5. The summed E-state index contributed by atoms with van der Waals surface area (Å²) in [6.45, 7) is 3.19. The van der Waals surface area contributed by atoms with Crippen LogP contribution in [0.3, 0.4) is 0 Å². The number of amides is 1. The molecule has 2 aromatic rings. The molecule has 6 nitrogen and oxygen atoms in total. The van der Waals surface area contributed by atoms with Gasteiger partial charge in [-0.1, -0.05) is 29.8 Å². The van der Waals surface area contributed by atoms with Crippen LogP contribution in [0.5, 0.6) is 0 Å². The molecule has 0 bridgehead atoms. The number of ether oxygens (including phenoxy) is 1. The zero-order chi connectivity index (χ0) is 16.8. The molecule has 0 saturated heterocycles. The number of aromatic nitrogens is 2. The molecule has 2 rings (SSSR count). The molecule has 6 heteroatoms. The lowest BCUT2D eigenvalue weighted by Crippen LogP contribution is -2.31. The standard InChI is InChI=1S/C17H21N3O3/c1-13-4-6-14(7-5-13)12-19(2)17(22)15-8-9-16(21)20(18-15)10-11-23-3/h4-9H,10-12H2,1-3H3. The number of rotatable bonds is 6. The maximum absolute atomic E-state index is 12.5. The fraction of sp³-hybridized carbons (Fsp3) is 0.353. The van der Waals surface area contributed by atoms with E-state index in [1.54, 1.807) is 19.1 Å². The Morgan fingerprint density at radius 3 is 2.57 bits per heavy atom. The summed E-state index contributed by atoms with van der Waals surface area (Å²) in [5, 5.41) is 4.12. The van der Waals surface area contributed by atoms with Crippen LogP contribution in [0.15, 0.2) is 41.2 Å². The van der Waals surface area contributed by atoms with Crippen molar-refractivity contribution in [2.45, 2.75) is 20.0 Å². The van der Waals surface area contributed by atoms with Crippen LogP contribution in [0, 0.1) is 6.92 Å². The molecule has 0 N–H and O–H groups in total. The Bertz CT molecular complexity index is 723. The Hall–Kier alpha value is -2.47. The Balaban J connectivity index is 2.12. The second-order valence-electron chi connectivity index (χ2n) is 5.42. The molecule has 1 aromatic heterocycles. The summed E-state index contributed by atoms with van der Waals surface area (Å²) < 4.78 is 6.19. The first-order chi connectivity index (χ1) is 11.0. The van der Waals surface area contributed by atoms with Crippen LogP contribution in [-0.2, 0) is 17.8 Å². The predicted octanol–water partition coefficient (Wildman–Crippen LogP) is 1.47. The van der Waals surface area contributed by atoms with Crippen molar-refractivity contribution in [1.29, 1.82) is 0 Å². The van der Waals surface area contributed by atoms with Crippen LogP contribution in [0.2, 0.25) is 0 Å². The summed E-state index contributed by atoms with van der Waals surface area (Å²) in [6.07, 6.45) is 0. The van der Waals surface area contributed by atoms with E-state index < -0.39 is 0 Å². The van der Waals surface area contributed by atoms with Crippen molar-refractivity contribution in [3.8, 4) is 0 Å². The summed E-state index contributed by atoms with van der Waals surface area (Å²) in [5.41, 5.74) is 2.21. The van der Waals surface area contributed by atoms with Crippen LogP contribution in [0.4, 0.5) is 0 Å². The largest absolute Gasteiger partial charge is 0.383 e. The average Bonchev–Trinajstić information content (AvgIpc) is 2.55. The molecule has 0 atom stereocenters. The van der Waals surface area contributed by atoms with Gasteiger partial charge in [0.25, 0.3) is 11.5 Å². The molecule has 0 aliphatic carbocycles. The topological polar surface area (TPSA) is 64.4 Å². The van der Waals surface area contributed by atoms with Crippen molar-refractivity contribution in [3.05, 3.63) is 63.6 Å². The third-order valence-electron chi connectivity index (χ3n) is 3.48. The van der Waals surface area contributed by atoms with Gasteiger partial charge in [-0.05, 0) is 18.6 Å². The first-order valence-corrected chi connectivity index (χ1v) is 7.39. The normalized spacial score (nSPS) is 10.6. The number of hydrogen-bond donors (Lipinski definition) is 0. The molecule has 1 amide bonds. The van der Waals surface area contributed by atoms with Gasteiger partial charge < -0.3 is 9.64 Å². The van der Waals surface area contributed by atoms with Crippen molar-refractivity contribution < 1.29 is 9.53 Å². The number of benzene rings is 1. The van der Waals surface area contributed by atoms with Gasteiger partial charge >= 0.3 is 0 Å². The highest BCUT2D eigenvalue weighted by Gasteiger charge is 2.15. The van der Waals surface area contributed by atoms with Crippen molar-refractivity contribution in [2.75, 3.05) is 20.8 Å². The fourth-order valence-electron chi connectivity index (χ4n) is 2.14. The van der Waals surface area contributed by atoms with Crippen LogP contribution in [0.25, 0.3) is 0 Å². The summed E-state index contributed by atoms with van der Waals surface area (Å²) in [7, 11) is 3.27. The van der Waals surface area contributed by atoms with E-state index >= 15 is 0 Å². The van der Waals surface area contributed by atoms with E-state index in [0.717, 1.165) is 5.56 Å². The van der Waals surface area contributed by atoms with Gasteiger partial charge in [0.15, 0.2) is 0 Å². The molecule has 0 fully saturated rings. The number of nitrogens with zero attached hydrogens (tertiary/aromatic N) is 3.